The molecule has 1 rings (SSSR count). The molecule has 6 heteroatoms. The third-order valence-electron chi connectivity index (χ3n) is 2.64. The quantitative estimate of drug-likeness (QED) is 0.750. The summed E-state index contributed by atoms with van der Waals surface area (Å²) in [4.78, 5) is 10.5. The summed E-state index contributed by atoms with van der Waals surface area (Å²) in [5, 5.41) is 3.10. The van der Waals surface area contributed by atoms with Crippen molar-refractivity contribution in [3.8, 4) is 0 Å². The first-order chi connectivity index (χ1) is 8.89. The number of unbranched alkanes of at least 4 members (excludes halogenated alkanes) is 1. The molecule has 1 aromatic rings. The van der Waals surface area contributed by atoms with Crippen LogP contribution in [0.3, 0.4) is 0 Å². The largest absolute Gasteiger partial charge is 0.416 e. The summed E-state index contributed by atoms with van der Waals surface area (Å²) >= 11 is 0. The predicted molar refractivity (Wildman–Crippen MR) is 66.2 cm³/mol. The standard InChI is InChI=1S/C13H17F3N2O/c14-13(15,16)11-6-4-10(5-7-11)9-18-8-2-1-3-12(17)19/h4-7,18H,1-3,8-9H2,(H2,17,19). The maximum atomic E-state index is 12.3. The fourth-order valence-corrected chi connectivity index (χ4v) is 1.59. The molecule has 1 amide bonds. The number of halogens is 3. The molecule has 3 nitrogen and oxygen atoms in total. The molecule has 0 atom stereocenters. The van der Waals surface area contributed by atoms with E-state index < -0.39 is 11.7 Å². The van der Waals surface area contributed by atoms with Crippen LogP contribution >= 0.6 is 0 Å². The molecule has 0 aliphatic carbocycles. The first-order valence-corrected chi connectivity index (χ1v) is 6.05. The highest BCUT2D eigenvalue weighted by molar-refractivity contribution is 5.73. The minimum atomic E-state index is -4.29. The van der Waals surface area contributed by atoms with E-state index in [0.717, 1.165) is 30.5 Å². The number of primary amides is 1. The number of carbonyl (C=O) groups is 1. The highest BCUT2D eigenvalue weighted by Gasteiger charge is 2.29. The lowest BCUT2D eigenvalue weighted by Gasteiger charge is -2.08. The molecule has 3 N–H and O–H groups in total. The second-order valence-corrected chi connectivity index (χ2v) is 4.29. The van der Waals surface area contributed by atoms with Crippen molar-refractivity contribution in [1.29, 1.82) is 0 Å². The number of carbonyl (C=O) groups excluding carboxylic acids is 1. The zero-order chi connectivity index (χ0) is 14.3. The molecule has 0 radical (unpaired) electrons. The number of alkyl halides is 3. The molecule has 0 spiro atoms. The molecule has 1 aromatic carbocycles. The van der Waals surface area contributed by atoms with Gasteiger partial charge in [0.1, 0.15) is 0 Å². The van der Waals surface area contributed by atoms with Gasteiger partial charge < -0.3 is 11.1 Å². The van der Waals surface area contributed by atoms with Crippen LogP contribution in [0, 0.1) is 0 Å². The molecule has 0 saturated heterocycles. The summed E-state index contributed by atoms with van der Waals surface area (Å²) in [6.07, 6.45) is -2.40. The van der Waals surface area contributed by atoms with E-state index in [0.29, 0.717) is 19.5 Å². The van der Waals surface area contributed by atoms with Crippen LogP contribution in [0.1, 0.15) is 30.4 Å². The van der Waals surface area contributed by atoms with Gasteiger partial charge in [0.25, 0.3) is 0 Å². The van der Waals surface area contributed by atoms with Crippen LogP contribution in [-0.4, -0.2) is 12.5 Å². The van der Waals surface area contributed by atoms with Crippen molar-refractivity contribution in [1.82, 2.24) is 5.32 Å². The van der Waals surface area contributed by atoms with E-state index in [4.69, 9.17) is 5.73 Å². The van der Waals surface area contributed by atoms with E-state index in [1.54, 1.807) is 0 Å². The van der Waals surface area contributed by atoms with Gasteiger partial charge in [-0.25, -0.2) is 0 Å². The van der Waals surface area contributed by atoms with Crippen LogP contribution in [0.4, 0.5) is 13.2 Å². The first kappa shape index (κ1) is 15.5. The Kier molecular flexibility index (Phi) is 5.82. The van der Waals surface area contributed by atoms with Crippen LogP contribution in [0.25, 0.3) is 0 Å². The highest BCUT2D eigenvalue weighted by Crippen LogP contribution is 2.28. The number of nitrogens with one attached hydrogen (secondary N) is 1. The van der Waals surface area contributed by atoms with Crippen LogP contribution < -0.4 is 11.1 Å². The van der Waals surface area contributed by atoms with Gasteiger partial charge >= 0.3 is 6.18 Å². The minimum Gasteiger partial charge on any atom is -0.370 e. The second-order valence-electron chi connectivity index (χ2n) is 4.29. The van der Waals surface area contributed by atoms with E-state index in [2.05, 4.69) is 5.32 Å². The Hall–Kier alpha value is -1.56. The van der Waals surface area contributed by atoms with Gasteiger partial charge in [0, 0.05) is 13.0 Å². The zero-order valence-electron chi connectivity index (χ0n) is 10.5. The SMILES string of the molecule is NC(=O)CCCCNCc1ccc(C(F)(F)F)cc1. The van der Waals surface area contributed by atoms with Gasteiger partial charge in [0.15, 0.2) is 0 Å². The lowest BCUT2D eigenvalue weighted by Crippen LogP contribution is -2.16. The predicted octanol–water partition coefficient (Wildman–Crippen LogP) is 2.45. The van der Waals surface area contributed by atoms with Crippen molar-refractivity contribution in [3.63, 3.8) is 0 Å². The summed E-state index contributed by atoms with van der Waals surface area (Å²) in [7, 11) is 0. The fraction of sp³-hybridized carbons (Fsp3) is 0.462. The van der Waals surface area contributed by atoms with Crippen molar-refractivity contribution in [2.75, 3.05) is 6.54 Å². The summed E-state index contributed by atoms with van der Waals surface area (Å²) < 4.78 is 37.0. The Balaban J connectivity index is 2.25. The molecule has 0 bridgehead atoms. The van der Waals surface area contributed by atoms with Gasteiger partial charge in [-0.1, -0.05) is 12.1 Å². The van der Waals surface area contributed by atoms with E-state index in [9.17, 15) is 18.0 Å². The average molecular weight is 274 g/mol. The van der Waals surface area contributed by atoms with Crippen LogP contribution in [-0.2, 0) is 17.5 Å². The number of hydrogen-bond donors (Lipinski definition) is 2. The van der Waals surface area contributed by atoms with E-state index in [1.807, 2.05) is 0 Å². The summed E-state index contributed by atoms with van der Waals surface area (Å²) in [5.41, 5.74) is 5.15. The Morgan fingerprint density at radius 1 is 1.16 bits per heavy atom. The molecule has 0 fully saturated rings. The number of rotatable bonds is 7. The van der Waals surface area contributed by atoms with Crippen molar-refractivity contribution in [2.45, 2.75) is 32.0 Å². The third-order valence-corrected chi connectivity index (χ3v) is 2.64. The Morgan fingerprint density at radius 2 is 1.79 bits per heavy atom. The summed E-state index contributed by atoms with van der Waals surface area (Å²) in [6.45, 7) is 1.21. The molecule has 19 heavy (non-hydrogen) atoms. The van der Waals surface area contributed by atoms with Crippen LogP contribution in [0.2, 0.25) is 0 Å². The maximum absolute atomic E-state index is 12.3. The zero-order valence-corrected chi connectivity index (χ0v) is 10.5. The van der Waals surface area contributed by atoms with Crippen molar-refractivity contribution in [2.24, 2.45) is 5.73 Å². The van der Waals surface area contributed by atoms with Crippen LogP contribution in [0.5, 0.6) is 0 Å². The minimum absolute atomic E-state index is 0.317. The van der Waals surface area contributed by atoms with E-state index in [1.165, 1.54) is 12.1 Å². The molecule has 0 aliphatic heterocycles. The average Bonchev–Trinajstić information content (AvgIpc) is 2.32. The van der Waals surface area contributed by atoms with Crippen molar-refractivity contribution < 1.29 is 18.0 Å². The molecule has 0 unspecified atom stereocenters. The smallest absolute Gasteiger partial charge is 0.370 e. The van der Waals surface area contributed by atoms with E-state index >= 15 is 0 Å². The van der Waals surface area contributed by atoms with Gasteiger partial charge in [-0.3, -0.25) is 4.79 Å². The lowest BCUT2D eigenvalue weighted by atomic mass is 10.1. The lowest BCUT2D eigenvalue weighted by molar-refractivity contribution is -0.137. The number of amides is 1. The first-order valence-electron chi connectivity index (χ1n) is 6.05. The van der Waals surface area contributed by atoms with Crippen LogP contribution in [0.15, 0.2) is 24.3 Å². The van der Waals surface area contributed by atoms with Gasteiger partial charge in [0.2, 0.25) is 5.91 Å². The molecule has 0 aliphatic rings. The number of hydrogen-bond acceptors (Lipinski definition) is 2. The normalized spacial score (nSPS) is 11.5. The summed E-state index contributed by atoms with van der Waals surface area (Å²) in [6, 6.07) is 5.06. The monoisotopic (exact) mass is 274 g/mol. The molecule has 106 valence electrons. The Morgan fingerprint density at radius 3 is 2.32 bits per heavy atom. The molecule has 0 saturated carbocycles. The van der Waals surface area contributed by atoms with Gasteiger partial charge in [-0.15, -0.1) is 0 Å². The van der Waals surface area contributed by atoms with Gasteiger partial charge in [-0.2, -0.15) is 13.2 Å². The number of nitrogens with two attached hydrogens (primary N) is 1. The molecule has 0 aromatic heterocycles. The highest BCUT2D eigenvalue weighted by atomic mass is 19.4. The topological polar surface area (TPSA) is 55.1 Å². The Labute approximate surface area is 110 Å². The fourth-order valence-electron chi connectivity index (χ4n) is 1.59. The third kappa shape index (κ3) is 6.24. The summed E-state index contributed by atoms with van der Waals surface area (Å²) in [5.74, 6) is -0.317. The van der Waals surface area contributed by atoms with Crippen molar-refractivity contribution in [3.05, 3.63) is 35.4 Å². The van der Waals surface area contributed by atoms with E-state index in [-0.39, 0.29) is 5.91 Å². The molecule has 0 heterocycles. The maximum Gasteiger partial charge on any atom is 0.416 e. The van der Waals surface area contributed by atoms with Crippen molar-refractivity contribution >= 4 is 5.91 Å². The molecular formula is C13H17F3N2O. The Bertz CT molecular complexity index is 401. The number of benzene rings is 1. The second kappa shape index (κ2) is 7.13. The van der Waals surface area contributed by atoms with Gasteiger partial charge in [-0.05, 0) is 37.1 Å². The molecular weight excluding hydrogens is 257 g/mol. The van der Waals surface area contributed by atoms with Gasteiger partial charge in [0.05, 0.1) is 5.56 Å².